The van der Waals surface area contributed by atoms with Crippen LogP contribution in [0.15, 0.2) is 83.3 Å². The first-order valence-corrected chi connectivity index (χ1v) is 15.5. The molecule has 39 heavy (non-hydrogen) atoms. The largest absolute Gasteiger partial charge is 0.354 e. The highest BCUT2D eigenvalue weighted by Crippen LogP contribution is 2.24. The first-order chi connectivity index (χ1) is 18.5. The van der Waals surface area contributed by atoms with Gasteiger partial charge in [-0.2, -0.15) is 0 Å². The fourth-order valence-electron chi connectivity index (χ4n) is 4.20. The number of sulfonamides is 1. The Morgan fingerprint density at radius 1 is 0.897 bits per heavy atom. The van der Waals surface area contributed by atoms with Crippen LogP contribution in [0.25, 0.3) is 0 Å². The average Bonchev–Trinajstić information content (AvgIpc) is 2.89. The Morgan fingerprint density at radius 3 is 2.10 bits per heavy atom. The number of benzene rings is 3. The Hall–Kier alpha value is -3.17. The monoisotopic (exact) mass is 613 g/mol. The summed E-state index contributed by atoms with van der Waals surface area (Å²) in [6, 6.07) is 23.2. The molecule has 9 heteroatoms. The molecule has 0 saturated heterocycles. The summed E-state index contributed by atoms with van der Waals surface area (Å²) in [6.45, 7) is 5.98. The molecule has 3 aromatic carbocycles. The lowest BCUT2D eigenvalue weighted by Crippen LogP contribution is -2.53. The third kappa shape index (κ3) is 8.93. The van der Waals surface area contributed by atoms with Crippen molar-refractivity contribution in [2.24, 2.45) is 5.92 Å². The minimum absolute atomic E-state index is 0.143. The predicted octanol–water partition coefficient (Wildman–Crippen LogP) is 4.94. The fourth-order valence-corrected chi connectivity index (χ4v) is 5.37. The van der Waals surface area contributed by atoms with E-state index in [4.69, 9.17) is 0 Å². The number of nitrogens with zero attached hydrogens (tertiary/aromatic N) is 2. The standard InChI is InChI=1S/C30H36BrN3O4S/c1-22(2)19-32-30(36)28(18-24-11-6-5-7-12-24)33(20-25-14-16-26(31)17-15-25)29(35)21-34(39(4,37)38)27-13-9-8-10-23(27)3/h5-17,22,28H,18-21H2,1-4H3,(H,32,36)/t28-/m1/s1. The summed E-state index contributed by atoms with van der Waals surface area (Å²) < 4.78 is 27.8. The average molecular weight is 615 g/mol. The maximum absolute atomic E-state index is 14.1. The maximum atomic E-state index is 14.1. The minimum Gasteiger partial charge on any atom is -0.354 e. The highest BCUT2D eigenvalue weighted by atomic mass is 79.9. The topological polar surface area (TPSA) is 86.8 Å². The number of rotatable bonds is 12. The second-order valence-corrected chi connectivity index (χ2v) is 12.9. The molecule has 0 radical (unpaired) electrons. The zero-order valence-corrected chi connectivity index (χ0v) is 25.2. The summed E-state index contributed by atoms with van der Waals surface area (Å²) in [5.41, 5.74) is 2.88. The van der Waals surface area contributed by atoms with Crippen LogP contribution in [0.4, 0.5) is 5.69 Å². The fraction of sp³-hybridized carbons (Fsp3) is 0.333. The van der Waals surface area contributed by atoms with Crippen molar-refractivity contribution in [3.63, 3.8) is 0 Å². The van der Waals surface area contributed by atoms with Gasteiger partial charge in [-0.05, 0) is 47.7 Å². The van der Waals surface area contributed by atoms with Crippen LogP contribution in [0.3, 0.4) is 0 Å². The smallest absolute Gasteiger partial charge is 0.244 e. The van der Waals surface area contributed by atoms with Crippen molar-refractivity contribution in [2.45, 2.75) is 39.8 Å². The van der Waals surface area contributed by atoms with Crippen molar-refractivity contribution < 1.29 is 18.0 Å². The van der Waals surface area contributed by atoms with Gasteiger partial charge in [-0.3, -0.25) is 13.9 Å². The summed E-state index contributed by atoms with van der Waals surface area (Å²) in [5.74, 6) is -0.518. The SMILES string of the molecule is Cc1ccccc1N(CC(=O)N(Cc1ccc(Br)cc1)[C@H](Cc1ccccc1)C(=O)NCC(C)C)S(C)(=O)=O. The molecule has 0 aliphatic rings. The molecular formula is C30H36BrN3O4S. The van der Waals surface area contributed by atoms with Gasteiger partial charge in [0.15, 0.2) is 0 Å². The lowest BCUT2D eigenvalue weighted by atomic mass is 10.0. The second-order valence-electron chi connectivity index (χ2n) is 10.0. The maximum Gasteiger partial charge on any atom is 0.244 e. The van der Waals surface area contributed by atoms with Gasteiger partial charge in [0.25, 0.3) is 0 Å². The van der Waals surface area contributed by atoms with E-state index in [0.717, 1.165) is 31.7 Å². The summed E-state index contributed by atoms with van der Waals surface area (Å²) in [7, 11) is -3.79. The molecule has 2 amide bonds. The summed E-state index contributed by atoms with van der Waals surface area (Å²) in [5, 5.41) is 2.98. The van der Waals surface area contributed by atoms with Gasteiger partial charge in [0, 0.05) is 24.0 Å². The van der Waals surface area contributed by atoms with Gasteiger partial charge >= 0.3 is 0 Å². The number of para-hydroxylation sites is 1. The molecule has 0 fully saturated rings. The number of nitrogens with one attached hydrogen (secondary N) is 1. The van der Waals surface area contributed by atoms with Crippen LogP contribution >= 0.6 is 15.9 Å². The molecule has 3 rings (SSSR count). The summed E-state index contributed by atoms with van der Waals surface area (Å²) in [4.78, 5) is 29.2. The van der Waals surface area contributed by atoms with E-state index in [9.17, 15) is 18.0 Å². The van der Waals surface area contributed by atoms with Crippen molar-refractivity contribution in [1.29, 1.82) is 0 Å². The van der Waals surface area contributed by atoms with Crippen LogP contribution in [-0.4, -0.2) is 50.5 Å². The van der Waals surface area contributed by atoms with Crippen molar-refractivity contribution in [3.8, 4) is 0 Å². The molecule has 0 aliphatic heterocycles. The molecule has 1 atom stereocenters. The molecule has 0 heterocycles. The van der Waals surface area contributed by atoms with Crippen molar-refractivity contribution in [3.05, 3.63) is 100 Å². The van der Waals surface area contributed by atoms with Gasteiger partial charge in [-0.15, -0.1) is 0 Å². The highest BCUT2D eigenvalue weighted by Gasteiger charge is 2.33. The third-order valence-corrected chi connectivity index (χ3v) is 7.94. The van der Waals surface area contributed by atoms with E-state index in [1.165, 1.54) is 4.90 Å². The Labute approximate surface area is 240 Å². The molecule has 0 unspecified atom stereocenters. The zero-order chi connectivity index (χ0) is 28.6. The molecule has 208 valence electrons. The molecule has 3 aromatic rings. The zero-order valence-electron chi connectivity index (χ0n) is 22.8. The molecule has 0 spiro atoms. The Bertz CT molecular complexity index is 1360. The van der Waals surface area contributed by atoms with E-state index < -0.39 is 28.5 Å². The van der Waals surface area contributed by atoms with Gasteiger partial charge in [0.2, 0.25) is 21.8 Å². The first-order valence-electron chi connectivity index (χ1n) is 12.8. The van der Waals surface area contributed by atoms with Gasteiger partial charge in [0.05, 0.1) is 11.9 Å². The van der Waals surface area contributed by atoms with Gasteiger partial charge in [-0.1, -0.05) is 90.4 Å². The van der Waals surface area contributed by atoms with Gasteiger partial charge < -0.3 is 10.2 Å². The van der Waals surface area contributed by atoms with Crippen LogP contribution in [0.5, 0.6) is 0 Å². The molecule has 1 N–H and O–H groups in total. The number of aryl methyl sites for hydroxylation is 1. The third-order valence-electron chi connectivity index (χ3n) is 6.29. The van der Waals surface area contributed by atoms with E-state index in [1.807, 2.05) is 74.5 Å². The van der Waals surface area contributed by atoms with Crippen LogP contribution in [0, 0.1) is 12.8 Å². The van der Waals surface area contributed by atoms with Crippen LogP contribution in [-0.2, 0) is 32.6 Å². The van der Waals surface area contributed by atoms with Crippen molar-refractivity contribution >= 4 is 43.5 Å². The lowest BCUT2D eigenvalue weighted by Gasteiger charge is -2.34. The molecule has 0 aromatic heterocycles. The normalized spacial score (nSPS) is 12.2. The molecule has 7 nitrogen and oxygen atoms in total. The van der Waals surface area contributed by atoms with Gasteiger partial charge in [-0.25, -0.2) is 8.42 Å². The number of carbonyl (C=O) groups excluding carboxylic acids is 2. The number of hydrogen-bond donors (Lipinski definition) is 1. The van der Waals surface area contributed by atoms with Crippen LogP contribution in [0.2, 0.25) is 0 Å². The lowest BCUT2D eigenvalue weighted by molar-refractivity contribution is -0.140. The van der Waals surface area contributed by atoms with E-state index in [2.05, 4.69) is 21.2 Å². The molecular weight excluding hydrogens is 578 g/mol. The van der Waals surface area contributed by atoms with E-state index in [-0.39, 0.29) is 24.8 Å². The predicted molar refractivity (Wildman–Crippen MR) is 160 cm³/mol. The minimum atomic E-state index is -3.79. The van der Waals surface area contributed by atoms with E-state index in [1.54, 1.807) is 25.1 Å². The summed E-state index contributed by atoms with van der Waals surface area (Å²) >= 11 is 3.44. The Kier molecular flexibility index (Phi) is 10.7. The van der Waals surface area contributed by atoms with Crippen LogP contribution in [0.1, 0.15) is 30.5 Å². The number of hydrogen-bond acceptors (Lipinski definition) is 4. The Balaban J connectivity index is 2.05. The Morgan fingerprint density at radius 2 is 1.51 bits per heavy atom. The molecule has 0 aliphatic carbocycles. The number of halogens is 1. The quantitative estimate of drug-likeness (QED) is 0.314. The van der Waals surface area contributed by atoms with E-state index in [0.29, 0.717) is 12.2 Å². The van der Waals surface area contributed by atoms with Crippen molar-refractivity contribution in [2.75, 3.05) is 23.7 Å². The first kappa shape index (κ1) is 30.4. The number of carbonyl (C=O) groups is 2. The van der Waals surface area contributed by atoms with Crippen LogP contribution < -0.4 is 9.62 Å². The van der Waals surface area contributed by atoms with Crippen molar-refractivity contribution in [1.82, 2.24) is 10.2 Å². The summed E-state index contributed by atoms with van der Waals surface area (Å²) in [6.07, 6.45) is 1.37. The molecule has 0 saturated carbocycles. The second kappa shape index (κ2) is 13.8. The number of anilines is 1. The molecule has 0 bridgehead atoms. The highest BCUT2D eigenvalue weighted by molar-refractivity contribution is 9.10. The van der Waals surface area contributed by atoms with Gasteiger partial charge in [0.1, 0.15) is 12.6 Å². The van der Waals surface area contributed by atoms with E-state index >= 15 is 0 Å². The number of amides is 2.